The van der Waals surface area contributed by atoms with Crippen LogP contribution in [0.5, 0.6) is 0 Å². The number of anilines is 1. The number of allylic oxidation sites excluding steroid dienone is 1. The fourth-order valence-electron chi connectivity index (χ4n) is 2.86. The third-order valence-corrected chi connectivity index (χ3v) is 4.21. The summed E-state index contributed by atoms with van der Waals surface area (Å²) in [4.78, 5) is 4.41. The van der Waals surface area contributed by atoms with E-state index in [0.717, 1.165) is 16.7 Å². The number of nitrogens with zero attached hydrogens (tertiary/aromatic N) is 1. The van der Waals surface area contributed by atoms with E-state index in [2.05, 4.69) is 4.99 Å². The van der Waals surface area contributed by atoms with Crippen molar-refractivity contribution in [3.63, 3.8) is 0 Å². The van der Waals surface area contributed by atoms with Crippen molar-refractivity contribution in [2.45, 2.75) is 33.3 Å². The first-order valence-electron chi connectivity index (χ1n) is 7.75. The minimum Gasteiger partial charge on any atom is -0.399 e. The van der Waals surface area contributed by atoms with Gasteiger partial charge in [0.05, 0.1) is 5.70 Å². The Kier molecular flexibility index (Phi) is 5.02. The molecule has 0 aromatic heterocycles. The molecule has 2 aromatic rings. The second kappa shape index (κ2) is 6.80. The number of hydrogen-bond acceptors (Lipinski definition) is 3. The Morgan fingerprint density at radius 2 is 1.83 bits per heavy atom. The third-order valence-electron chi connectivity index (χ3n) is 4.21. The van der Waals surface area contributed by atoms with Crippen molar-refractivity contribution in [2.24, 2.45) is 4.99 Å². The summed E-state index contributed by atoms with van der Waals surface area (Å²) < 4.78 is 0. The first-order valence-corrected chi connectivity index (χ1v) is 7.75. The molecule has 2 aromatic carbocycles. The number of aliphatic hydroxyl groups is 1. The third kappa shape index (κ3) is 3.06. The molecular weight excluding hydrogens is 284 g/mol. The fraction of sp³-hybridized carbons (Fsp3) is 0.250. The van der Waals surface area contributed by atoms with Crippen LogP contribution in [0.1, 0.15) is 36.1 Å². The molecule has 0 amide bonds. The summed E-state index contributed by atoms with van der Waals surface area (Å²) in [6.45, 7) is 7.78. The van der Waals surface area contributed by atoms with Crippen molar-refractivity contribution >= 4 is 11.9 Å². The van der Waals surface area contributed by atoms with Gasteiger partial charge in [0.2, 0.25) is 0 Å². The maximum absolute atomic E-state index is 11.7. The van der Waals surface area contributed by atoms with Crippen molar-refractivity contribution in [2.75, 3.05) is 5.73 Å². The molecule has 0 fully saturated rings. The summed E-state index contributed by atoms with van der Waals surface area (Å²) in [6, 6.07) is 13.3. The minimum absolute atomic E-state index is 0.583. The van der Waals surface area contributed by atoms with E-state index < -0.39 is 5.60 Å². The van der Waals surface area contributed by atoms with Crippen LogP contribution in [-0.4, -0.2) is 11.3 Å². The van der Waals surface area contributed by atoms with Crippen LogP contribution in [0.3, 0.4) is 0 Å². The quantitative estimate of drug-likeness (QED) is 0.659. The Morgan fingerprint density at radius 3 is 2.43 bits per heavy atom. The van der Waals surface area contributed by atoms with E-state index in [4.69, 9.17) is 5.73 Å². The van der Waals surface area contributed by atoms with Crippen molar-refractivity contribution in [3.8, 4) is 0 Å². The Morgan fingerprint density at radius 1 is 1.13 bits per heavy atom. The molecule has 23 heavy (non-hydrogen) atoms. The molecule has 3 nitrogen and oxygen atoms in total. The van der Waals surface area contributed by atoms with Crippen LogP contribution in [0.15, 0.2) is 59.2 Å². The van der Waals surface area contributed by atoms with E-state index in [1.165, 1.54) is 0 Å². The van der Waals surface area contributed by atoms with Gasteiger partial charge in [0, 0.05) is 11.9 Å². The Balaban J connectivity index is 2.82. The maximum atomic E-state index is 11.7. The maximum Gasteiger partial charge on any atom is 0.157 e. The van der Waals surface area contributed by atoms with Gasteiger partial charge in [0.25, 0.3) is 0 Å². The lowest BCUT2D eigenvalue weighted by atomic mass is 9.80. The largest absolute Gasteiger partial charge is 0.399 e. The molecule has 0 aliphatic rings. The summed E-state index contributed by atoms with van der Waals surface area (Å²) in [7, 11) is 0. The minimum atomic E-state index is -1.34. The van der Waals surface area contributed by atoms with Crippen LogP contribution in [0.4, 0.5) is 5.69 Å². The predicted molar refractivity (Wildman–Crippen MR) is 97.7 cm³/mol. The molecule has 0 radical (unpaired) electrons. The van der Waals surface area contributed by atoms with Gasteiger partial charge in [-0.2, -0.15) is 0 Å². The van der Waals surface area contributed by atoms with Crippen molar-refractivity contribution in [1.82, 2.24) is 0 Å². The first kappa shape index (κ1) is 17.0. The van der Waals surface area contributed by atoms with Gasteiger partial charge in [-0.05, 0) is 62.1 Å². The van der Waals surface area contributed by atoms with E-state index in [-0.39, 0.29) is 0 Å². The zero-order chi connectivity index (χ0) is 17.0. The van der Waals surface area contributed by atoms with Gasteiger partial charge in [0.15, 0.2) is 5.60 Å². The molecular formula is C20H24N2O. The standard InChI is InChI=1S/C20H24N2O/c1-5-19(22-6-2)20(23,16-10-8-11-17(21)13-16)18-12-7-9-14(3)15(18)4/h5-13,23H,21H2,1-4H3/b19-5-,22-6?. The van der Waals surface area contributed by atoms with Crippen molar-refractivity contribution < 1.29 is 5.11 Å². The number of nitrogen functional groups attached to an aromatic ring is 1. The lowest BCUT2D eigenvalue weighted by molar-refractivity contribution is 0.119. The Labute approximate surface area is 138 Å². The molecule has 0 spiro atoms. The van der Waals surface area contributed by atoms with Gasteiger partial charge >= 0.3 is 0 Å². The predicted octanol–water partition coefficient (Wildman–Crippen LogP) is 4.12. The molecule has 1 unspecified atom stereocenters. The van der Waals surface area contributed by atoms with Gasteiger partial charge in [0.1, 0.15) is 0 Å². The number of aliphatic imine (C=N–C) groups is 1. The summed E-state index contributed by atoms with van der Waals surface area (Å²) in [5.74, 6) is 0. The summed E-state index contributed by atoms with van der Waals surface area (Å²) in [5, 5.41) is 11.7. The van der Waals surface area contributed by atoms with Crippen molar-refractivity contribution in [1.29, 1.82) is 0 Å². The summed E-state index contributed by atoms with van der Waals surface area (Å²) in [5.41, 5.74) is 9.51. The van der Waals surface area contributed by atoms with E-state index in [0.29, 0.717) is 16.9 Å². The van der Waals surface area contributed by atoms with Crippen LogP contribution in [-0.2, 0) is 5.60 Å². The first-order chi connectivity index (χ1) is 10.9. The van der Waals surface area contributed by atoms with Crippen LogP contribution >= 0.6 is 0 Å². The smallest absolute Gasteiger partial charge is 0.157 e. The lowest BCUT2D eigenvalue weighted by Crippen LogP contribution is -2.30. The molecule has 3 N–H and O–H groups in total. The fourth-order valence-corrected chi connectivity index (χ4v) is 2.86. The number of hydrogen-bond donors (Lipinski definition) is 2. The highest BCUT2D eigenvalue weighted by Crippen LogP contribution is 2.40. The number of rotatable bonds is 4. The summed E-state index contributed by atoms with van der Waals surface area (Å²) in [6.07, 6.45) is 3.53. The molecule has 3 heteroatoms. The number of aryl methyl sites for hydroxylation is 1. The topological polar surface area (TPSA) is 58.6 Å². The van der Waals surface area contributed by atoms with Gasteiger partial charge < -0.3 is 10.8 Å². The van der Waals surface area contributed by atoms with Crippen molar-refractivity contribution in [3.05, 3.63) is 76.5 Å². The SMILES string of the molecule is CC=N/C(=C\C)C(O)(c1cccc(N)c1)c1cccc(C)c1C. The molecule has 0 heterocycles. The zero-order valence-corrected chi connectivity index (χ0v) is 14.2. The van der Waals surface area contributed by atoms with Crippen LogP contribution in [0.25, 0.3) is 0 Å². The van der Waals surface area contributed by atoms with Crippen LogP contribution < -0.4 is 5.73 Å². The van der Waals surface area contributed by atoms with Gasteiger partial charge in [-0.15, -0.1) is 0 Å². The number of nitrogens with two attached hydrogens (primary N) is 1. The van der Waals surface area contributed by atoms with Gasteiger partial charge in [-0.3, -0.25) is 4.99 Å². The average molecular weight is 308 g/mol. The Bertz CT molecular complexity index is 762. The molecule has 1 atom stereocenters. The second-order valence-corrected chi connectivity index (χ2v) is 5.64. The highest BCUT2D eigenvalue weighted by Gasteiger charge is 2.37. The van der Waals surface area contributed by atoms with Crippen LogP contribution in [0, 0.1) is 13.8 Å². The van der Waals surface area contributed by atoms with Gasteiger partial charge in [-0.25, -0.2) is 0 Å². The molecule has 120 valence electrons. The highest BCUT2D eigenvalue weighted by molar-refractivity contribution is 5.59. The molecule has 0 aliphatic carbocycles. The van der Waals surface area contributed by atoms with Crippen LogP contribution in [0.2, 0.25) is 0 Å². The lowest BCUT2D eigenvalue weighted by Gasteiger charge is -2.32. The van der Waals surface area contributed by atoms with E-state index in [9.17, 15) is 5.11 Å². The van der Waals surface area contributed by atoms with Gasteiger partial charge in [-0.1, -0.05) is 36.4 Å². The zero-order valence-electron chi connectivity index (χ0n) is 14.2. The van der Waals surface area contributed by atoms with E-state index >= 15 is 0 Å². The van der Waals surface area contributed by atoms with E-state index in [1.807, 2.05) is 70.2 Å². The second-order valence-electron chi connectivity index (χ2n) is 5.64. The number of benzene rings is 2. The molecule has 0 saturated heterocycles. The normalized spacial score (nSPS) is 14.9. The average Bonchev–Trinajstić information content (AvgIpc) is 2.54. The molecule has 0 aliphatic heterocycles. The monoisotopic (exact) mass is 308 g/mol. The summed E-state index contributed by atoms with van der Waals surface area (Å²) >= 11 is 0. The highest BCUT2D eigenvalue weighted by atomic mass is 16.3. The molecule has 0 saturated carbocycles. The van der Waals surface area contributed by atoms with E-state index in [1.54, 1.807) is 12.3 Å². The molecule has 0 bridgehead atoms. The Hall–Kier alpha value is -2.39. The molecule has 2 rings (SSSR count).